The Morgan fingerprint density at radius 2 is 1.86 bits per heavy atom. The maximum atomic E-state index is 11.2. The van der Waals surface area contributed by atoms with Gasteiger partial charge < -0.3 is 5.11 Å². The zero-order chi connectivity index (χ0) is 15.2. The van der Waals surface area contributed by atoms with Crippen LogP contribution >= 0.6 is 0 Å². The molecule has 0 aliphatic heterocycles. The van der Waals surface area contributed by atoms with Gasteiger partial charge in [0.1, 0.15) is 0 Å². The van der Waals surface area contributed by atoms with Crippen molar-refractivity contribution in [3.8, 4) is 0 Å². The molecule has 1 aliphatic rings. The Labute approximate surface area is 128 Å². The predicted octanol–water partition coefficient (Wildman–Crippen LogP) is 3.65. The molecule has 0 radical (unpaired) electrons. The molecule has 0 amide bonds. The molecule has 1 aromatic carbocycles. The normalized spacial score (nSPS) is 17.9. The molecular weight excluding hydrogens is 262 g/mol. The highest BCUT2D eigenvalue weighted by Crippen LogP contribution is 2.25. The number of hydrogen-bond acceptors (Lipinski definition) is 2. The van der Waals surface area contributed by atoms with Crippen LogP contribution in [0.4, 0.5) is 0 Å². The van der Waals surface area contributed by atoms with E-state index in [0.717, 1.165) is 6.42 Å². The first kappa shape index (κ1) is 16.0. The monoisotopic (exact) mass is 289 g/mol. The van der Waals surface area contributed by atoms with Crippen molar-refractivity contribution in [2.45, 2.75) is 64.0 Å². The molecule has 0 bridgehead atoms. The van der Waals surface area contributed by atoms with Crippen molar-refractivity contribution >= 4 is 5.97 Å². The highest BCUT2D eigenvalue weighted by atomic mass is 16.4. The van der Waals surface area contributed by atoms with E-state index in [-0.39, 0.29) is 12.5 Å². The van der Waals surface area contributed by atoms with Gasteiger partial charge in [-0.05, 0) is 38.8 Å². The molecule has 1 aliphatic carbocycles. The van der Waals surface area contributed by atoms with Crippen LogP contribution in [0, 0.1) is 6.92 Å². The minimum Gasteiger partial charge on any atom is -0.481 e. The number of hydrogen-bond donors (Lipinski definition) is 1. The SMILES string of the molecule is Cc1ccc(CC(CC(=O)O)N(C)C2CCCCC2)cc1. The molecule has 21 heavy (non-hydrogen) atoms. The Morgan fingerprint density at radius 1 is 1.24 bits per heavy atom. The Kier molecular flexibility index (Phi) is 5.80. The molecule has 3 heteroatoms. The lowest BCUT2D eigenvalue weighted by Crippen LogP contribution is -2.43. The Hall–Kier alpha value is -1.35. The van der Waals surface area contributed by atoms with Crippen molar-refractivity contribution in [3.63, 3.8) is 0 Å². The quantitative estimate of drug-likeness (QED) is 0.869. The highest BCUT2D eigenvalue weighted by molar-refractivity contribution is 5.67. The first-order chi connectivity index (χ1) is 10.1. The predicted molar refractivity (Wildman–Crippen MR) is 85.6 cm³/mol. The molecule has 0 spiro atoms. The van der Waals surface area contributed by atoms with Crippen LogP contribution in [0.2, 0.25) is 0 Å². The average Bonchev–Trinajstić information content (AvgIpc) is 2.48. The summed E-state index contributed by atoms with van der Waals surface area (Å²) in [7, 11) is 2.11. The number of likely N-dealkylation sites (N-methyl/N-ethyl adjacent to an activating group) is 1. The van der Waals surface area contributed by atoms with E-state index in [9.17, 15) is 9.90 Å². The van der Waals surface area contributed by atoms with Gasteiger partial charge in [-0.2, -0.15) is 0 Å². The fraction of sp³-hybridized carbons (Fsp3) is 0.611. The minimum absolute atomic E-state index is 0.0910. The number of benzene rings is 1. The summed E-state index contributed by atoms with van der Waals surface area (Å²) in [5.41, 5.74) is 2.48. The fourth-order valence-electron chi connectivity index (χ4n) is 3.34. The molecule has 1 unspecified atom stereocenters. The molecule has 1 N–H and O–H groups in total. The summed E-state index contributed by atoms with van der Waals surface area (Å²) < 4.78 is 0. The van der Waals surface area contributed by atoms with E-state index in [0.29, 0.717) is 6.04 Å². The highest BCUT2D eigenvalue weighted by Gasteiger charge is 2.26. The van der Waals surface area contributed by atoms with E-state index >= 15 is 0 Å². The summed E-state index contributed by atoms with van der Waals surface area (Å²) in [6.07, 6.45) is 7.34. The number of nitrogens with zero attached hydrogens (tertiary/aromatic N) is 1. The van der Waals surface area contributed by atoms with Crippen LogP contribution in [-0.4, -0.2) is 35.1 Å². The molecular formula is C18H27NO2. The Bertz CT molecular complexity index is 449. The van der Waals surface area contributed by atoms with Gasteiger partial charge in [-0.1, -0.05) is 49.1 Å². The lowest BCUT2D eigenvalue weighted by molar-refractivity contribution is -0.138. The van der Waals surface area contributed by atoms with Crippen LogP contribution in [-0.2, 0) is 11.2 Å². The van der Waals surface area contributed by atoms with Crippen molar-refractivity contribution in [2.75, 3.05) is 7.05 Å². The van der Waals surface area contributed by atoms with E-state index in [1.165, 1.54) is 43.2 Å². The van der Waals surface area contributed by atoms with Crippen LogP contribution in [0.5, 0.6) is 0 Å². The van der Waals surface area contributed by atoms with E-state index < -0.39 is 5.97 Å². The van der Waals surface area contributed by atoms with Gasteiger partial charge in [0, 0.05) is 12.1 Å². The molecule has 3 nitrogen and oxygen atoms in total. The second-order valence-corrected chi connectivity index (χ2v) is 6.40. The van der Waals surface area contributed by atoms with E-state index in [2.05, 4.69) is 43.1 Å². The minimum atomic E-state index is -0.699. The Balaban J connectivity index is 2.05. The molecule has 2 rings (SSSR count). The number of aliphatic carboxylic acids is 1. The third-order valence-electron chi connectivity index (χ3n) is 4.73. The first-order valence-corrected chi connectivity index (χ1v) is 8.05. The van der Waals surface area contributed by atoms with E-state index in [1.54, 1.807) is 0 Å². The van der Waals surface area contributed by atoms with Crippen LogP contribution in [0.25, 0.3) is 0 Å². The molecule has 0 saturated heterocycles. The van der Waals surface area contributed by atoms with E-state index in [4.69, 9.17) is 0 Å². The van der Waals surface area contributed by atoms with Gasteiger partial charge in [-0.15, -0.1) is 0 Å². The zero-order valence-corrected chi connectivity index (χ0v) is 13.2. The van der Waals surface area contributed by atoms with Gasteiger partial charge in [0.15, 0.2) is 0 Å². The maximum absolute atomic E-state index is 11.2. The first-order valence-electron chi connectivity index (χ1n) is 8.05. The van der Waals surface area contributed by atoms with Crippen LogP contribution in [0.3, 0.4) is 0 Å². The van der Waals surface area contributed by atoms with Crippen molar-refractivity contribution < 1.29 is 9.90 Å². The molecule has 1 atom stereocenters. The summed E-state index contributed by atoms with van der Waals surface area (Å²) in [6.45, 7) is 2.08. The number of carbonyl (C=O) groups is 1. The molecule has 1 aromatic rings. The lowest BCUT2D eigenvalue weighted by atomic mass is 9.91. The van der Waals surface area contributed by atoms with Crippen molar-refractivity contribution in [1.29, 1.82) is 0 Å². The molecule has 116 valence electrons. The van der Waals surface area contributed by atoms with Crippen molar-refractivity contribution in [3.05, 3.63) is 35.4 Å². The van der Waals surface area contributed by atoms with Gasteiger partial charge in [0.2, 0.25) is 0 Å². The van der Waals surface area contributed by atoms with Crippen molar-refractivity contribution in [1.82, 2.24) is 4.90 Å². The summed E-state index contributed by atoms with van der Waals surface area (Å²) in [5, 5.41) is 9.23. The second-order valence-electron chi connectivity index (χ2n) is 6.40. The number of carboxylic acid groups (broad SMARTS) is 1. The number of rotatable bonds is 6. The van der Waals surface area contributed by atoms with Crippen molar-refractivity contribution in [2.24, 2.45) is 0 Å². The summed E-state index contributed by atoms with van der Waals surface area (Å²) in [6, 6.07) is 9.10. The third kappa shape index (κ3) is 4.85. The van der Waals surface area contributed by atoms with Crippen LogP contribution in [0.15, 0.2) is 24.3 Å². The molecule has 0 aromatic heterocycles. The second kappa shape index (κ2) is 7.60. The van der Waals surface area contributed by atoms with Gasteiger partial charge in [0.05, 0.1) is 6.42 Å². The van der Waals surface area contributed by atoms with Gasteiger partial charge >= 0.3 is 5.97 Å². The molecule has 1 saturated carbocycles. The molecule has 1 fully saturated rings. The smallest absolute Gasteiger partial charge is 0.304 e. The summed E-state index contributed by atoms with van der Waals surface area (Å²) >= 11 is 0. The van der Waals surface area contributed by atoms with Gasteiger partial charge in [-0.3, -0.25) is 9.69 Å². The van der Waals surface area contributed by atoms with Gasteiger partial charge in [0.25, 0.3) is 0 Å². The zero-order valence-electron chi connectivity index (χ0n) is 13.2. The summed E-state index contributed by atoms with van der Waals surface area (Å²) in [5.74, 6) is -0.699. The number of carboxylic acids is 1. The Morgan fingerprint density at radius 3 is 2.43 bits per heavy atom. The third-order valence-corrected chi connectivity index (χ3v) is 4.73. The number of aryl methyl sites for hydroxylation is 1. The lowest BCUT2D eigenvalue weighted by Gasteiger charge is -2.36. The maximum Gasteiger partial charge on any atom is 0.304 e. The van der Waals surface area contributed by atoms with E-state index in [1.807, 2.05) is 0 Å². The summed E-state index contributed by atoms with van der Waals surface area (Å²) in [4.78, 5) is 13.5. The average molecular weight is 289 g/mol. The largest absolute Gasteiger partial charge is 0.481 e. The fourth-order valence-corrected chi connectivity index (χ4v) is 3.34. The topological polar surface area (TPSA) is 40.5 Å². The van der Waals surface area contributed by atoms with Gasteiger partial charge in [-0.25, -0.2) is 0 Å². The molecule has 0 heterocycles. The van der Waals surface area contributed by atoms with Crippen LogP contribution < -0.4 is 0 Å². The van der Waals surface area contributed by atoms with Crippen LogP contribution in [0.1, 0.15) is 49.7 Å². The standard InChI is InChI=1S/C18H27NO2/c1-14-8-10-15(11-9-14)12-17(13-18(20)21)19(2)16-6-4-3-5-7-16/h8-11,16-17H,3-7,12-13H2,1-2H3,(H,20,21).